The number of carbonyl (C=O) groups excluding carboxylic acids is 1. The second-order valence-electron chi connectivity index (χ2n) is 7.13. The number of halogens is 1. The monoisotopic (exact) mass is 436 g/mol. The molecule has 0 N–H and O–H groups in total. The van der Waals surface area contributed by atoms with Crippen molar-refractivity contribution in [1.82, 2.24) is 19.5 Å². The fourth-order valence-corrected chi connectivity index (χ4v) is 4.02. The molecule has 1 unspecified atom stereocenters. The normalized spacial score (nSPS) is 16.6. The Morgan fingerprint density at radius 1 is 1.32 bits per heavy atom. The van der Waals surface area contributed by atoms with E-state index in [4.69, 9.17) is 0 Å². The molecule has 0 spiro atoms. The fraction of sp³-hybridized carbons (Fsp3) is 0.318. The van der Waals surface area contributed by atoms with Crippen molar-refractivity contribution < 1.29 is 4.79 Å². The molecule has 2 aromatic heterocycles. The zero-order valence-corrected chi connectivity index (χ0v) is 17.3. The Kier molecular flexibility index (Phi) is 5.45. The Morgan fingerprint density at radius 3 is 3.07 bits per heavy atom. The average Bonchev–Trinajstić information content (AvgIpc) is 3.16. The summed E-state index contributed by atoms with van der Waals surface area (Å²) in [6.07, 6.45) is 5.66. The lowest BCUT2D eigenvalue weighted by atomic mass is 9.98. The van der Waals surface area contributed by atoms with E-state index in [1.807, 2.05) is 42.2 Å². The third-order valence-electron chi connectivity index (χ3n) is 5.11. The number of hydrogen-bond donors (Lipinski definition) is 0. The van der Waals surface area contributed by atoms with E-state index in [1.165, 1.54) is 6.42 Å². The number of amides is 1. The molecule has 0 aliphatic carbocycles. The summed E-state index contributed by atoms with van der Waals surface area (Å²) in [5.74, 6) is 6.96. The number of nitrogens with zero attached hydrogens (tertiary/aromatic N) is 4. The minimum absolute atomic E-state index is 0.0881. The molecule has 0 saturated carbocycles. The maximum Gasteiger partial charge on any atom is 0.253 e. The van der Waals surface area contributed by atoms with Gasteiger partial charge in [0.1, 0.15) is 5.69 Å². The van der Waals surface area contributed by atoms with Gasteiger partial charge in [-0.25, -0.2) is 9.50 Å². The van der Waals surface area contributed by atoms with Gasteiger partial charge in [0.25, 0.3) is 5.91 Å². The number of aryl methyl sites for hydroxylation is 1. The van der Waals surface area contributed by atoms with Gasteiger partial charge in [-0.3, -0.25) is 4.79 Å². The lowest BCUT2D eigenvalue weighted by Gasteiger charge is -2.32. The van der Waals surface area contributed by atoms with Crippen LogP contribution >= 0.6 is 15.9 Å². The van der Waals surface area contributed by atoms with Crippen molar-refractivity contribution in [2.75, 3.05) is 18.4 Å². The Bertz CT molecular complexity index is 1080. The number of fused-ring (bicyclic) bond motifs is 1. The van der Waals surface area contributed by atoms with Gasteiger partial charge in [0, 0.05) is 35.7 Å². The maximum atomic E-state index is 13.0. The number of imidazole rings is 1. The quantitative estimate of drug-likeness (QED) is 0.454. The molecular formula is C22H21BrN4O. The molecule has 0 radical (unpaired) electrons. The summed E-state index contributed by atoms with van der Waals surface area (Å²) in [6, 6.07) is 9.51. The zero-order valence-electron chi connectivity index (χ0n) is 15.7. The van der Waals surface area contributed by atoms with Gasteiger partial charge in [-0.05, 0) is 61.4 Å². The van der Waals surface area contributed by atoms with Crippen LogP contribution in [0.4, 0.5) is 0 Å². The molecule has 142 valence electrons. The van der Waals surface area contributed by atoms with Crippen LogP contribution in [0.25, 0.3) is 5.65 Å². The van der Waals surface area contributed by atoms with Gasteiger partial charge in [-0.1, -0.05) is 27.9 Å². The van der Waals surface area contributed by atoms with Crippen molar-refractivity contribution in [2.45, 2.75) is 19.8 Å². The summed E-state index contributed by atoms with van der Waals surface area (Å²) < 4.78 is 1.71. The topological polar surface area (TPSA) is 50.5 Å². The average molecular weight is 437 g/mol. The van der Waals surface area contributed by atoms with E-state index < -0.39 is 0 Å². The number of likely N-dealkylation sites (tertiary alicyclic amines) is 1. The van der Waals surface area contributed by atoms with E-state index in [0.29, 0.717) is 11.5 Å². The molecule has 1 aromatic carbocycles. The molecule has 1 atom stereocenters. The number of aromatic nitrogens is 3. The second-order valence-corrected chi connectivity index (χ2v) is 7.78. The van der Waals surface area contributed by atoms with Crippen LogP contribution in [0.15, 0.2) is 42.7 Å². The molecule has 4 rings (SSSR count). The van der Waals surface area contributed by atoms with Crippen LogP contribution in [0, 0.1) is 24.7 Å². The molecule has 3 aromatic rings. The second kappa shape index (κ2) is 8.15. The van der Waals surface area contributed by atoms with Gasteiger partial charge in [0.05, 0.1) is 6.20 Å². The van der Waals surface area contributed by atoms with Crippen LogP contribution in [-0.4, -0.2) is 43.8 Å². The molecule has 1 fully saturated rings. The summed E-state index contributed by atoms with van der Waals surface area (Å²) in [5, 5.41) is 5.22. The number of rotatable bonds is 2. The lowest BCUT2D eigenvalue weighted by molar-refractivity contribution is 0.0686. The van der Waals surface area contributed by atoms with E-state index >= 15 is 0 Å². The van der Waals surface area contributed by atoms with Crippen LogP contribution in [0.2, 0.25) is 0 Å². The van der Waals surface area contributed by atoms with Crippen LogP contribution < -0.4 is 0 Å². The van der Waals surface area contributed by atoms with Crippen molar-refractivity contribution in [1.29, 1.82) is 0 Å². The highest BCUT2D eigenvalue weighted by atomic mass is 79.9. The molecule has 1 saturated heterocycles. The molecular weight excluding hydrogens is 416 g/mol. The van der Waals surface area contributed by atoms with Gasteiger partial charge in [0.15, 0.2) is 5.65 Å². The Morgan fingerprint density at radius 2 is 2.21 bits per heavy atom. The van der Waals surface area contributed by atoms with E-state index in [2.05, 4.69) is 37.9 Å². The van der Waals surface area contributed by atoms with Gasteiger partial charge in [-0.2, -0.15) is 5.10 Å². The number of piperidine rings is 1. The fourth-order valence-electron chi connectivity index (χ4n) is 3.49. The van der Waals surface area contributed by atoms with Crippen LogP contribution in [0.1, 0.15) is 40.0 Å². The Labute approximate surface area is 172 Å². The zero-order chi connectivity index (χ0) is 19.5. The van der Waals surface area contributed by atoms with Crippen molar-refractivity contribution in [3.05, 3.63) is 65.1 Å². The molecule has 0 bridgehead atoms. The predicted molar refractivity (Wildman–Crippen MR) is 113 cm³/mol. The first-order valence-electron chi connectivity index (χ1n) is 9.42. The molecule has 5 nitrogen and oxygen atoms in total. The first kappa shape index (κ1) is 18.7. The largest absolute Gasteiger partial charge is 0.338 e. The molecule has 6 heteroatoms. The SMILES string of the molecule is Cc1ccc(C(=O)N2CCCC(CBr)C2)cc1C#Cc1cnc2cccnn12. The number of benzene rings is 1. The van der Waals surface area contributed by atoms with Crippen molar-refractivity contribution in [3.63, 3.8) is 0 Å². The number of carbonyl (C=O) groups is 1. The summed E-state index contributed by atoms with van der Waals surface area (Å²) in [7, 11) is 0. The smallest absolute Gasteiger partial charge is 0.253 e. The highest BCUT2D eigenvalue weighted by Gasteiger charge is 2.24. The Hall–Kier alpha value is -2.65. The van der Waals surface area contributed by atoms with E-state index in [9.17, 15) is 4.79 Å². The molecule has 1 amide bonds. The molecule has 3 heterocycles. The summed E-state index contributed by atoms with van der Waals surface area (Å²) in [4.78, 5) is 19.2. The molecule has 28 heavy (non-hydrogen) atoms. The lowest BCUT2D eigenvalue weighted by Crippen LogP contribution is -2.40. The molecule has 1 aliphatic rings. The van der Waals surface area contributed by atoms with Crippen LogP contribution in [0.3, 0.4) is 0 Å². The predicted octanol–water partition coefficient (Wildman–Crippen LogP) is 3.68. The summed E-state index contributed by atoms with van der Waals surface area (Å²) in [5.41, 5.74) is 4.08. The highest BCUT2D eigenvalue weighted by Crippen LogP contribution is 2.21. The minimum atomic E-state index is 0.0881. The van der Waals surface area contributed by atoms with E-state index in [1.54, 1.807) is 16.9 Å². The Balaban J connectivity index is 1.60. The third kappa shape index (κ3) is 3.81. The van der Waals surface area contributed by atoms with Crippen LogP contribution in [0.5, 0.6) is 0 Å². The summed E-state index contributed by atoms with van der Waals surface area (Å²) >= 11 is 3.55. The van der Waals surface area contributed by atoms with Crippen LogP contribution in [-0.2, 0) is 0 Å². The van der Waals surface area contributed by atoms with Gasteiger partial charge in [-0.15, -0.1) is 0 Å². The number of hydrogen-bond acceptors (Lipinski definition) is 3. The van der Waals surface area contributed by atoms with Gasteiger partial charge in [0.2, 0.25) is 0 Å². The van der Waals surface area contributed by atoms with E-state index in [0.717, 1.165) is 47.3 Å². The van der Waals surface area contributed by atoms with Crippen molar-refractivity contribution in [3.8, 4) is 11.8 Å². The van der Waals surface area contributed by atoms with E-state index in [-0.39, 0.29) is 5.91 Å². The molecule has 1 aliphatic heterocycles. The van der Waals surface area contributed by atoms with Gasteiger partial charge < -0.3 is 4.90 Å². The number of alkyl halides is 1. The van der Waals surface area contributed by atoms with Crippen molar-refractivity contribution in [2.24, 2.45) is 5.92 Å². The van der Waals surface area contributed by atoms with Crippen molar-refractivity contribution >= 4 is 27.5 Å². The first-order chi connectivity index (χ1) is 13.7. The summed E-state index contributed by atoms with van der Waals surface area (Å²) in [6.45, 7) is 3.64. The minimum Gasteiger partial charge on any atom is -0.338 e. The first-order valence-corrected chi connectivity index (χ1v) is 10.5. The van der Waals surface area contributed by atoms with Gasteiger partial charge >= 0.3 is 0 Å². The maximum absolute atomic E-state index is 13.0. The third-order valence-corrected chi connectivity index (χ3v) is 6.03. The highest BCUT2D eigenvalue weighted by molar-refractivity contribution is 9.09. The standard InChI is InChI=1S/C22H21BrN4O/c1-16-6-7-19(22(28)26-11-3-4-17(13-23)15-26)12-18(16)8-9-20-14-24-21-5-2-10-25-27(20)21/h2,5-7,10,12,14,17H,3-4,11,13,15H2,1H3.